The van der Waals surface area contributed by atoms with Crippen LogP contribution in [0.1, 0.15) is 26.3 Å². The summed E-state index contributed by atoms with van der Waals surface area (Å²) in [4.78, 5) is 11.6. The largest absolute Gasteiger partial charge is 0.351 e. The third-order valence-corrected chi connectivity index (χ3v) is 3.78. The van der Waals surface area contributed by atoms with Crippen molar-refractivity contribution >= 4 is 33.6 Å². The van der Waals surface area contributed by atoms with Gasteiger partial charge in [-0.15, -0.1) is 11.8 Å². The van der Waals surface area contributed by atoms with Crippen molar-refractivity contribution in [1.82, 2.24) is 5.32 Å². The molecule has 94 valence electrons. The van der Waals surface area contributed by atoms with Crippen LogP contribution in [0.25, 0.3) is 0 Å². The topological polar surface area (TPSA) is 29.1 Å². The lowest BCUT2D eigenvalue weighted by atomic mass is 10.2. The van der Waals surface area contributed by atoms with Crippen LogP contribution in [0, 0.1) is 0 Å². The monoisotopic (exact) mass is 315 g/mol. The van der Waals surface area contributed by atoms with E-state index >= 15 is 0 Å². The van der Waals surface area contributed by atoms with Crippen molar-refractivity contribution < 1.29 is 4.79 Å². The first-order valence-electron chi connectivity index (χ1n) is 5.52. The maximum atomic E-state index is 11.6. The molecule has 0 saturated heterocycles. The summed E-state index contributed by atoms with van der Waals surface area (Å²) in [5.41, 5.74) is 1.11. The van der Waals surface area contributed by atoms with Gasteiger partial charge in [-0.1, -0.05) is 48.8 Å². The van der Waals surface area contributed by atoms with E-state index in [-0.39, 0.29) is 10.7 Å². The summed E-state index contributed by atoms with van der Waals surface area (Å²) in [6.07, 6.45) is 0. The Kier molecular flexibility index (Phi) is 5.53. The molecule has 0 bridgehead atoms. The summed E-state index contributed by atoms with van der Waals surface area (Å²) in [5, 5.41) is 2.92. The average Bonchev–Trinajstić information content (AvgIpc) is 2.23. The summed E-state index contributed by atoms with van der Waals surface area (Å²) in [5.74, 6) is 0.599. The molecule has 17 heavy (non-hydrogen) atoms. The van der Waals surface area contributed by atoms with Crippen LogP contribution in [0.2, 0.25) is 0 Å². The zero-order valence-electron chi connectivity index (χ0n) is 10.4. The fraction of sp³-hybridized carbons (Fsp3) is 0.462. The fourth-order valence-corrected chi connectivity index (χ4v) is 2.29. The van der Waals surface area contributed by atoms with Crippen LogP contribution in [-0.4, -0.2) is 16.4 Å². The summed E-state index contributed by atoms with van der Waals surface area (Å²) in [7, 11) is 0. The van der Waals surface area contributed by atoms with E-state index in [1.54, 1.807) is 11.8 Å². The standard InChI is InChI=1S/C13H18BrNOS/c1-13(2,3)17-9-12(16)15-8-10-5-4-6-11(14)7-10/h4-7H,8-9H2,1-3H3,(H,15,16). The van der Waals surface area contributed by atoms with Gasteiger partial charge < -0.3 is 5.32 Å². The van der Waals surface area contributed by atoms with Crippen LogP contribution in [0.15, 0.2) is 28.7 Å². The molecule has 1 aromatic carbocycles. The van der Waals surface area contributed by atoms with Gasteiger partial charge in [-0.2, -0.15) is 0 Å². The third kappa shape index (κ3) is 6.74. The van der Waals surface area contributed by atoms with E-state index in [0.29, 0.717) is 12.3 Å². The van der Waals surface area contributed by atoms with Gasteiger partial charge in [-0.05, 0) is 17.7 Å². The van der Waals surface area contributed by atoms with Crippen LogP contribution in [-0.2, 0) is 11.3 Å². The minimum Gasteiger partial charge on any atom is -0.351 e. The quantitative estimate of drug-likeness (QED) is 0.919. The van der Waals surface area contributed by atoms with E-state index in [2.05, 4.69) is 42.0 Å². The minimum absolute atomic E-state index is 0.0879. The van der Waals surface area contributed by atoms with Crippen molar-refractivity contribution in [3.8, 4) is 0 Å². The first-order chi connectivity index (χ1) is 7.87. The summed E-state index contributed by atoms with van der Waals surface area (Å²) < 4.78 is 1.17. The Balaban J connectivity index is 2.33. The van der Waals surface area contributed by atoms with Crippen LogP contribution in [0.5, 0.6) is 0 Å². The van der Waals surface area contributed by atoms with Gasteiger partial charge in [-0.3, -0.25) is 4.79 Å². The Morgan fingerprint density at radius 1 is 1.41 bits per heavy atom. The van der Waals surface area contributed by atoms with Gasteiger partial charge in [0.15, 0.2) is 0 Å². The molecule has 1 aromatic rings. The Hall–Kier alpha value is -0.480. The number of hydrogen-bond donors (Lipinski definition) is 1. The summed E-state index contributed by atoms with van der Waals surface area (Å²) in [6.45, 7) is 6.92. The fourth-order valence-electron chi connectivity index (χ4n) is 1.18. The Morgan fingerprint density at radius 3 is 2.71 bits per heavy atom. The van der Waals surface area contributed by atoms with Gasteiger partial charge in [0.2, 0.25) is 5.91 Å². The van der Waals surface area contributed by atoms with Crippen molar-refractivity contribution in [2.24, 2.45) is 0 Å². The van der Waals surface area contributed by atoms with E-state index in [4.69, 9.17) is 0 Å². The zero-order valence-corrected chi connectivity index (χ0v) is 12.8. The van der Waals surface area contributed by atoms with Crippen LogP contribution in [0.3, 0.4) is 0 Å². The number of amides is 1. The first kappa shape index (κ1) is 14.6. The maximum Gasteiger partial charge on any atom is 0.230 e. The Bertz CT molecular complexity index is 387. The van der Waals surface area contributed by atoms with Crippen LogP contribution < -0.4 is 5.32 Å². The number of carbonyl (C=O) groups excluding carboxylic acids is 1. The van der Waals surface area contributed by atoms with Crippen molar-refractivity contribution in [3.05, 3.63) is 34.3 Å². The molecule has 4 heteroatoms. The van der Waals surface area contributed by atoms with E-state index < -0.39 is 0 Å². The second-order valence-electron chi connectivity index (χ2n) is 4.81. The van der Waals surface area contributed by atoms with Gasteiger partial charge in [0.05, 0.1) is 5.75 Å². The third-order valence-electron chi connectivity index (χ3n) is 2.01. The first-order valence-corrected chi connectivity index (χ1v) is 7.30. The van der Waals surface area contributed by atoms with Gasteiger partial charge in [0.25, 0.3) is 0 Å². The highest BCUT2D eigenvalue weighted by molar-refractivity contribution is 9.10. The number of benzene rings is 1. The van der Waals surface area contributed by atoms with E-state index in [9.17, 15) is 4.79 Å². The van der Waals surface area contributed by atoms with Gasteiger partial charge in [0.1, 0.15) is 0 Å². The lowest BCUT2D eigenvalue weighted by Crippen LogP contribution is -2.26. The molecule has 0 spiro atoms. The molecular formula is C13H18BrNOS. The molecule has 1 rings (SSSR count). The molecule has 0 atom stereocenters. The normalized spacial score (nSPS) is 11.3. The van der Waals surface area contributed by atoms with E-state index in [1.165, 1.54) is 0 Å². The second-order valence-corrected chi connectivity index (χ2v) is 7.53. The highest BCUT2D eigenvalue weighted by atomic mass is 79.9. The van der Waals surface area contributed by atoms with Crippen LogP contribution >= 0.6 is 27.7 Å². The lowest BCUT2D eigenvalue weighted by molar-refractivity contribution is -0.118. The molecule has 0 fully saturated rings. The van der Waals surface area contributed by atoms with E-state index in [0.717, 1.165) is 10.0 Å². The molecule has 0 aliphatic rings. The number of carbonyl (C=O) groups is 1. The molecule has 0 radical (unpaired) electrons. The van der Waals surface area contributed by atoms with E-state index in [1.807, 2.05) is 24.3 Å². The SMILES string of the molecule is CC(C)(C)SCC(=O)NCc1cccc(Br)c1. The zero-order chi connectivity index (χ0) is 12.9. The minimum atomic E-state index is 0.0879. The smallest absolute Gasteiger partial charge is 0.230 e. The lowest BCUT2D eigenvalue weighted by Gasteiger charge is -2.17. The highest BCUT2D eigenvalue weighted by Crippen LogP contribution is 2.22. The van der Waals surface area contributed by atoms with Crippen LogP contribution in [0.4, 0.5) is 0 Å². The molecular weight excluding hydrogens is 298 g/mol. The Labute approximate surface area is 116 Å². The molecule has 0 aliphatic carbocycles. The second kappa shape index (κ2) is 6.45. The van der Waals surface area contributed by atoms with Crippen molar-refractivity contribution in [3.63, 3.8) is 0 Å². The van der Waals surface area contributed by atoms with Crippen molar-refractivity contribution in [2.45, 2.75) is 32.1 Å². The number of thioether (sulfide) groups is 1. The van der Waals surface area contributed by atoms with Gasteiger partial charge in [-0.25, -0.2) is 0 Å². The molecule has 0 saturated carbocycles. The summed E-state index contributed by atoms with van der Waals surface area (Å²) in [6, 6.07) is 7.95. The molecule has 0 heterocycles. The number of halogens is 1. The van der Waals surface area contributed by atoms with Crippen molar-refractivity contribution in [1.29, 1.82) is 0 Å². The maximum absolute atomic E-state index is 11.6. The predicted octanol–water partition coefficient (Wildman–Crippen LogP) is 3.60. The molecule has 0 unspecified atom stereocenters. The number of nitrogens with one attached hydrogen (secondary N) is 1. The average molecular weight is 316 g/mol. The molecule has 1 amide bonds. The highest BCUT2D eigenvalue weighted by Gasteiger charge is 2.12. The van der Waals surface area contributed by atoms with Gasteiger partial charge >= 0.3 is 0 Å². The number of hydrogen-bond acceptors (Lipinski definition) is 2. The van der Waals surface area contributed by atoms with Crippen molar-refractivity contribution in [2.75, 3.05) is 5.75 Å². The molecule has 1 N–H and O–H groups in total. The number of rotatable bonds is 4. The summed E-state index contributed by atoms with van der Waals surface area (Å²) >= 11 is 5.07. The molecule has 0 aromatic heterocycles. The predicted molar refractivity (Wildman–Crippen MR) is 78.2 cm³/mol. The molecule has 2 nitrogen and oxygen atoms in total. The Morgan fingerprint density at radius 2 is 2.12 bits per heavy atom. The molecule has 0 aliphatic heterocycles. The van der Waals surface area contributed by atoms with Gasteiger partial charge in [0, 0.05) is 15.8 Å².